The Balaban J connectivity index is 1.48. The molecule has 1 aliphatic rings. The van der Waals surface area contributed by atoms with E-state index in [1.807, 2.05) is 24.3 Å². The Morgan fingerprint density at radius 1 is 0.846 bits per heavy atom. The fraction of sp³-hybridized carbons (Fsp3) is 0.263. The molecule has 1 fully saturated rings. The highest BCUT2D eigenvalue weighted by molar-refractivity contribution is 6.30. The van der Waals surface area contributed by atoms with Crippen molar-refractivity contribution < 1.29 is 0 Å². The van der Waals surface area contributed by atoms with E-state index < -0.39 is 0 Å². The maximum Gasteiger partial charge on any atom is 0.225 e. The summed E-state index contributed by atoms with van der Waals surface area (Å²) in [5.74, 6) is 1.74. The van der Waals surface area contributed by atoms with Crippen molar-refractivity contribution in [2.45, 2.75) is 6.42 Å². The standard InChI is InChI=1S/C19H19ClN6/c20-17-4-2-15(3-5-17)14-16-6-9-23-24-18(16)25-10-12-26(13-11-25)19-21-7-1-8-22-19/h1-9H,10-14H2. The van der Waals surface area contributed by atoms with Gasteiger partial charge in [0.15, 0.2) is 5.82 Å². The molecule has 2 aromatic heterocycles. The lowest BCUT2D eigenvalue weighted by Crippen LogP contribution is -2.47. The van der Waals surface area contributed by atoms with Gasteiger partial charge in [-0.05, 0) is 29.8 Å². The average molecular weight is 367 g/mol. The molecule has 0 saturated carbocycles. The number of nitrogens with zero attached hydrogens (tertiary/aromatic N) is 6. The summed E-state index contributed by atoms with van der Waals surface area (Å²) in [6.07, 6.45) is 6.12. The number of piperazine rings is 1. The molecule has 0 atom stereocenters. The van der Waals surface area contributed by atoms with Gasteiger partial charge in [-0.15, -0.1) is 5.10 Å². The number of anilines is 2. The highest BCUT2D eigenvalue weighted by Crippen LogP contribution is 2.22. The van der Waals surface area contributed by atoms with E-state index in [4.69, 9.17) is 11.6 Å². The third kappa shape index (κ3) is 3.75. The third-order valence-electron chi connectivity index (χ3n) is 4.50. The molecule has 6 nitrogen and oxygen atoms in total. The number of rotatable bonds is 4. The predicted octanol–water partition coefficient (Wildman–Crippen LogP) is 2.84. The van der Waals surface area contributed by atoms with Crippen LogP contribution in [0, 0.1) is 0 Å². The minimum atomic E-state index is 0.751. The summed E-state index contributed by atoms with van der Waals surface area (Å²) in [6, 6.07) is 11.8. The Morgan fingerprint density at radius 2 is 1.54 bits per heavy atom. The van der Waals surface area contributed by atoms with Crippen LogP contribution in [0.1, 0.15) is 11.1 Å². The van der Waals surface area contributed by atoms with Gasteiger partial charge in [-0.3, -0.25) is 0 Å². The van der Waals surface area contributed by atoms with E-state index >= 15 is 0 Å². The molecule has 1 aromatic carbocycles. The second kappa shape index (κ2) is 7.66. The molecule has 0 radical (unpaired) electrons. The van der Waals surface area contributed by atoms with E-state index in [0.29, 0.717) is 0 Å². The van der Waals surface area contributed by atoms with E-state index in [-0.39, 0.29) is 0 Å². The summed E-state index contributed by atoms with van der Waals surface area (Å²) in [7, 11) is 0. The maximum absolute atomic E-state index is 5.99. The minimum Gasteiger partial charge on any atom is -0.351 e. The fourth-order valence-electron chi connectivity index (χ4n) is 3.15. The molecular formula is C19H19ClN6. The summed E-state index contributed by atoms with van der Waals surface area (Å²) in [4.78, 5) is 13.2. The molecule has 3 heterocycles. The summed E-state index contributed by atoms with van der Waals surface area (Å²) < 4.78 is 0. The largest absolute Gasteiger partial charge is 0.351 e. The van der Waals surface area contributed by atoms with Gasteiger partial charge >= 0.3 is 0 Å². The number of halogens is 1. The molecule has 132 valence electrons. The van der Waals surface area contributed by atoms with Crippen LogP contribution in [0.2, 0.25) is 5.02 Å². The molecule has 1 aliphatic heterocycles. The molecule has 0 amide bonds. The van der Waals surface area contributed by atoms with Gasteiger partial charge in [0, 0.05) is 55.6 Å². The molecule has 4 rings (SSSR count). The highest BCUT2D eigenvalue weighted by Gasteiger charge is 2.22. The number of hydrogen-bond donors (Lipinski definition) is 0. The van der Waals surface area contributed by atoms with Crippen LogP contribution >= 0.6 is 11.6 Å². The van der Waals surface area contributed by atoms with Gasteiger partial charge in [0.2, 0.25) is 5.95 Å². The van der Waals surface area contributed by atoms with Gasteiger partial charge in [-0.25, -0.2) is 9.97 Å². The Hall–Kier alpha value is -2.73. The average Bonchev–Trinajstić information content (AvgIpc) is 2.71. The fourth-order valence-corrected chi connectivity index (χ4v) is 3.28. The first-order valence-corrected chi connectivity index (χ1v) is 8.99. The quantitative estimate of drug-likeness (QED) is 0.707. The summed E-state index contributed by atoms with van der Waals surface area (Å²) in [5, 5.41) is 9.27. The van der Waals surface area contributed by atoms with Crippen molar-refractivity contribution in [3.8, 4) is 0 Å². The first-order valence-electron chi connectivity index (χ1n) is 8.61. The molecule has 0 unspecified atom stereocenters. The van der Waals surface area contributed by atoms with Crippen molar-refractivity contribution in [3.05, 3.63) is 71.1 Å². The SMILES string of the molecule is Clc1ccc(Cc2ccnnc2N2CCN(c3ncccn3)CC2)cc1. The van der Waals surface area contributed by atoms with Crippen molar-refractivity contribution in [1.82, 2.24) is 20.2 Å². The van der Waals surface area contributed by atoms with Gasteiger partial charge in [-0.1, -0.05) is 23.7 Å². The van der Waals surface area contributed by atoms with Gasteiger partial charge in [0.05, 0.1) is 6.20 Å². The zero-order valence-electron chi connectivity index (χ0n) is 14.3. The van der Waals surface area contributed by atoms with Gasteiger partial charge in [-0.2, -0.15) is 5.10 Å². The number of hydrogen-bond acceptors (Lipinski definition) is 6. The van der Waals surface area contributed by atoms with Crippen LogP contribution in [0.5, 0.6) is 0 Å². The van der Waals surface area contributed by atoms with E-state index in [9.17, 15) is 0 Å². The van der Waals surface area contributed by atoms with Gasteiger partial charge in [0.25, 0.3) is 0 Å². The highest BCUT2D eigenvalue weighted by atomic mass is 35.5. The van der Waals surface area contributed by atoms with Crippen molar-refractivity contribution in [3.63, 3.8) is 0 Å². The molecule has 0 spiro atoms. The Morgan fingerprint density at radius 3 is 2.27 bits per heavy atom. The molecule has 0 N–H and O–H groups in total. The first kappa shape index (κ1) is 16.7. The normalized spacial score (nSPS) is 14.5. The second-order valence-corrected chi connectivity index (χ2v) is 6.64. The van der Waals surface area contributed by atoms with Crippen molar-refractivity contribution in [1.29, 1.82) is 0 Å². The molecule has 1 saturated heterocycles. The number of benzene rings is 1. The van der Waals surface area contributed by atoms with E-state index in [2.05, 4.69) is 42.1 Å². The van der Waals surface area contributed by atoms with Crippen LogP contribution in [0.25, 0.3) is 0 Å². The summed E-state index contributed by atoms with van der Waals surface area (Å²) in [5.41, 5.74) is 2.38. The maximum atomic E-state index is 5.99. The molecule has 0 bridgehead atoms. The molecular weight excluding hydrogens is 348 g/mol. The van der Waals surface area contributed by atoms with Crippen molar-refractivity contribution >= 4 is 23.4 Å². The number of aromatic nitrogens is 4. The zero-order valence-corrected chi connectivity index (χ0v) is 15.0. The second-order valence-electron chi connectivity index (χ2n) is 6.21. The smallest absolute Gasteiger partial charge is 0.225 e. The Labute approximate surface area is 157 Å². The molecule has 26 heavy (non-hydrogen) atoms. The lowest BCUT2D eigenvalue weighted by molar-refractivity contribution is 0.629. The minimum absolute atomic E-state index is 0.751. The first-order chi connectivity index (χ1) is 12.8. The van der Waals surface area contributed by atoms with Crippen LogP contribution < -0.4 is 9.80 Å². The van der Waals surface area contributed by atoms with Crippen LogP contribution in [0.3, 0.4) is 0 Å². The van der Waals surface area contributed by atoms with Gasteiger partial charge in [0.1, 0.15) is 0 Å². The summed E-state index contributed by atoms with van der Waals surface area (Å²) in [6.45, 7) is 3.46. The van der Waals surface area contributed by atoms with Crippen LogP contribution in [0.4, 0.5) is 11.8 Å². The van der Waals surface area contributed by atoms with E-state index in [1.165, 1.54) is 11.1 Å². The Kier molecular flexibility index (Phi) is 4.93. The van der Waals surface area contributed by atoms with Crippen LogP contribution in [-0.2, 0) is 6.42 Å². The lowest BCUT2D eigenvalue weighted by Gasteiger charge is -2.35. The van der Waals surface area contributed by atoms with Crippen LogP contribution in [-0.4, -0.2) is 46.3 Å². The lowest BCUT2D eigenvalue weighted by atomic mass is 10.1. The molecule has 0 aliphatic carbocycles. The topological polar surface area (TPSA) is 58.0 Å². The molecule has 3 aromatic rings. The summed E-state index contributed by atoms with van der Waals surface area (Å²) >= 11 is 5.99. The monoisotopic (exact) mass is 366 g/mol. The van der Waals surface area contributed by atoms with Crippen molar-refractivity contribution in [2.75, 3.05) is 36.0 Å². The van der Waals surface area contributed by atoms with Crippen LogP contribution in [0.15, 0.2) is 55.0 Å². The van der Waals surface area contributed by atoms with E-state index in [1.54, 1.807) is 18.6 Å². The Bertz CT molecular complexity index is 847. The van der Waals surface area contributed by atoms with Gasteiger partial charge < -0.3 is 9.80 Å². The van der Waals surface area contributed by atoms with E-state index in [0.717, 1.165) is 49.4 Å². The molecule has 7 heteroatoms. The zero-order chi connectivity index (χ0) is 17.8. The predicted molar refractivity (Wildman–Crippen MR) is 103 cm³/mol. The third-order valence-corrected chi connectivity index (χ3v) is 4.76. The van der Waals surface area contributed by atoms with Crippen molar-refractivity contribution in [2.24, 2.45) is 0 Å².